The van der Waals surface area contributed by atoms with Crippen LogP contribution in [0.5, 0.6) is 0 Å². The number of anilines is 2. The molecular formula is C16H16N4O. The van der Waals surface area contributed by atoms with Crippen LogP contribution in [0.15, 0.2) is 30.5 Å². The Morgan fingerprint density at radius 1 is 1.24 bits per heavy atom. The van der Waals surface area contributed by atoms with E-state index in [4.69, 9.17) is 0 Å². The van der Waals surface area contributed by atoms with Crippen molar-refractivity contribution in [2.75, 3.05) is 10.6 Å². The third-order valence-corrected chi connectivity index (χ3v) is 4.11. The summed E-state index contributed by atoms with van der Waals surface area (Å²) in [5, 5.41) is 6.29. The van der Waals surface area contributed by atoms with Crippen LogP contribution in [-0.2, 0) is 11.2 Å². The summed E-state index contributed by atoms with van der Waals surface area (Å²) in [4.78, 5) is 21.0. The number of carbonyl (C=O) groups excluding carboxylic acids is 1. The van der Waals surface area contributed by atoms with Crippen LogP contribution in [0.1, 0.15) is 24.8 Å². The molecule has 0 bridgehead atoms. The van der Waals surface area contributed by atoms with E-state index in [0.29, 0.717) is 18.4 Å². The second kappa shape index (κ2) is 4.84. The SMILES string of the molecule is O=C1Cc2cnc(NC3CCC3)nc2-c2ccccc2N1. The van der Waals surface area contributed by atoms with Gasteiger partial charge in [0.15, 0.2) is 0 Å². The molecule has 1 aromatic heterocycles. The fourth-order valence-electron chi connectivity index (χ4n) is 2.74. The van der Waals surface area contributed by atoms with Gasteiger partial charge >= 0.3 is 0 Å². The lowest BCUT2D eigenvalue weighted by Crippen LogP contribution is -2.28. The highest BCUT2D eigenvalue weighted by molar-refractivity contribution is 5.99. The Hall–Kier alpha value is -2.43. The highest BCUT2D eigenvalue weighted by Gasteiger charge is 2.22. The lowest BCUT2D eigenvalue weighted by molar-refractivity contribution is -0.115. The van der Waals surface area contributed by atoms with Gasteiger partial charge in [-0.3, -0.25) is 4.79 Å². The van der Waals surface area contributed by atoms with Gasteiger partial charge in [-0.15, -0.1) is 0 Å². The molecule has 1 amide bonds. The first-order valence-electron chi connectivity index (χ1n) is 7.31. The Labute approximate surface area is 122 Å². The monoisotopic (exact) mass is 280 g/mol. The topological polar surface area (TPSA) is 66.9 Å². The summed E-state index contributed by atoms with van der Waals surface area (Å²) < 4.78 is 0. The molecule has 4 rings (SSSR count). The first kappa shape index (κ1) is 12.3. The van der Waals surface area contributed by atoms with E-state index < -0.39 is 0 Å². The van der Waals surface area contributed by atoms with E-state index in [1.807, 2.05) is 24.3 Å². The first-order chi connectivity index (χ1) is 10.3. The van der Waals surface area contributed by atoms with E-state index in [1.165, 1.54) is 19.3 Å². The van der Waals surface area contributed by atoms with Crippen LogP contribution < -0.4 is 10.6 Å². The van der Waals surface area contributed by atoms with Gasteiger partial charge in [-0.05, 0) is 25.3 Å². The van der Waals surface area contributed by atoms with Gasteiger partial charge in [0.05, 0.1) is 17.8 Å². The minimum absolute atomic E-state index is 0.0236. The van der Waals surface area contributed by atoms with Gasteiger partial charge in [-0.1, -0.05) is 18.2 Å². The maximum atomic E-state index is 11.9. The van der Waals surface area contributed by atoms with Crippen LogP contribution in [0.2, 0.25) is 0 Å². The summed E-state index contributed by atoms with van der Waals surface area (Å²) in [7, 11) is 0. The maximum absolute atomic E-state index is 11.9. The van der Waals surface area contributed by atoms with Crippen LogP contribution in [0, 0.1) is 0 Å². The fraction of sp³-hybridized carbons (Fsp3) is 0.312. The Morgan fingerprint density at radius 2 is 2.10 bits per heavy atom. The van der Waals surface area contributed by atoms with E-state index in [0.717, 1.165) is 22.5 Å². The molecule has 1 aromatic carbocycles. The quantitative estimate of drug-likeness (QED) is 0.887. The molecule has 0 unspecified atom stereocenters. The second-order valence-corrected chi connectivity index (χ2v) is 5.61. The number of hydrogen-bond acceptors (Lipinski definition) is 4. The second-order valence-electron chi connectivity index (χ2n) is 5.61. The summed E-state index contributed by atoms with van der Waals surface area (Å²) in [5.74, 6) is 0.632. The van der Waals surface area contributed by atoms with Crippen molar-refractivity contribution in [1.29, 1.82) is 0 Å². The highest BCUT2D eigenvalue weighted by atomic mass is 16.1. The molecule has 5 nitrogen and oxygen atoms in total. The predicted molar refractivity (Wildman–Crippen MR) is 81.1 cm³/mol. The molecule has 0 spiro atoms. The number of nitrogens with one attached hydrogen (secondary N) is 2. The summed E-state index contributed by atoms with van der Waals surface area (Å²) in [6.45, 7) is 0. The minimum atomic E-state index is -0.0236. The van der Waals surface area contributed by atoms with Crippen molar-refractivity contribution in [3.05, 3.63) is 36.0 Å². The van der Waals surface area contributed by atoms with Gasteiger partial charge in [-0.25, -0.2) is 9.97 Å². The van der Waals surface area contributed by atoms with Gasteiger partial charge in [-0.2, -0.15) is 0 Å². The summed E-state index contributed by atoms with van der Waals surface area (Å²) in [5.41, 5.74) is 3.49. The predicted octanol–water partition coefficient (Wildman–Crippen LogP) is 2.60. The molecule has 1 saturated carbocycles. The molecule has 0 atom stereocenters. The van der Waals surface area contributed by atoms with E-state index in [2.05, 4.69) is 20.6 Å². The lowest BCUT2D eigenvalue weighted by atomic mass is 9.93. The molecule has 106 valence electrons. The molecule has 1 fully saturated rings. The standard InChI is InChI=1S/C16H16N4O/c21-14-8-10-9-17-16(18-11-4-3-5-11)20-15(10)12-6-1-2-7-13(12)19-14/h1-2,6-7,9,11H,3-5,8H2,(H,19,21)(H,17,18,20). The minimum Gasteiger partial charge on any atom is -0.351 e. The van der Waals surface area contributed by atoms with Crippen molar-refractivity contribution in [3.63, 3.8) is 0 Å². The molecule has 2 N–H and O–H groups in total. The van der Waals surface area contributed by atoms with Gasteiger partial charge in [0, 0.05) is 23.4 Å². The number of amides is 1. The Balaban J connectivity index is 1.78. The number of para-hydroxylation sites is 1. The van der Waals surface area contributed by atoms with Gasteiger partial charge in [0.1, 0.15) is 0 Å². The molecule has 0 radical (unpaired) electrons. The molecule has 5 heteroatoms. The number of rotatable bonds is 2. The average Bonchev–Trinajstić information content (AvgIpc) is 2.58. The van der Waals surface area contributed by atoms with Gasteiger partial charge in [0.2, 0.25) is 11.9 Å². The summed E-state index contributed by atoms with van der Waals surface area (Å²) in [6.07, 6.45) is 5.71. The lowest BCUT2D eigenvalue weighted by Gasteiger charge is -2.26. The van der Waals surface area contributed by atoms with Gasteiger partial charge in [0.25, 0.3) is 0 Å². The zero-order valence-electron chi connectivity index (χ0n) is 11.6. The molecule has 2 aliphatic rings. The summed E-state index contributed by atoms with van der Waals surface area (Å²) in [6, 6.07) is 8.26. The molecule has 21 heavy (non-hydrogen) atoms. The zero-order chi connectivity index (χ0) is 14.2. The number of nitrogens with zero attached hydrogens (tertiary/aromatic N) is 2. The number of hydrogen-bond donors (Lipinski definition) is 2. The van der Waals surface area contributed by atoms with Crippen LogP contribution in [0.4, 0.5) is 11.6 Å². The molecular weight excluding hydrogens is 264 g/mol. The number of benzene rings is 1. The third kappa shape index (κ3) is 2.24. The first-order valence-corrected chi connectivity index (χ1v) is 7.31. The maximum Gasteiger partial charge on any atom is 0.228 e. The molecule has 0 saturated heterocycles. The van der Waals surface area contributed by atoms with E-state index in [1.54, 1.807) is 6.20 Å². The highest BCUT2D eigenvalue weighted by Crippen LogP contribution is 2.33. The smallest absolute Gasteiger partial charge is 0.228 e. The molecule has 1 aliphatic heterocycles. The number of aromatic nitrogens is 2. The largest absolute Gasteiger partial charge is 0.351 e. The van der Waals surface area contributed by atoms with Crippen LogP contribution in [0.25, 0.3) is 11.3 Å². The summed E-state index contributed by atoms with van der Waals surface area (Å²) >= 11 is 0. The normalized spacial score (nSPS) is 17.0. The zero-order valence-corrected chi connectivity index (χ0v) is 11.6. The number of fused-ring (bicyclic) bond motifs is 3. The van der Waals surface area contributed by atoms with Crippen LogP contribution in [0.3, 0.4) is 0 Å². The third-order valence-electron chi connectivity index (χ3n) is 4.11. The van der Waals surface area contributed by atoms with Crippen LogP contribution in [-0.4, -0.2) is 21.9 Å². The van der Waals surface area contributed by atoms with Gasteiger partial charge < -0.3 is 10.6 Å². The van der Waals surface area contributed by atoms with Crippen molar-refractivity contribution in [2.24, 2.45) is 0 Å². The fourth-order valence-corrected chi connectivity index (χ4v) is 2.74. The Bertz CT molecular complexity index is 709. The van der Waals surface area contributed by atoms with Crippen molar-refractivity contribution in [3.8, 4) is 11.3 Å². The van der Waals surface area contributed by atoms with Crippen molar-refractivity contribution in [1.82, 2.24) is 9.97 Å². The van der Waals surface area contributed by atoms with Crippen molar-refractivity contribution < 1.29 is 4.79 Å². The van der Waals surface area contributed by atoms with E-state index in [-0.39, 0.29) is 5.91 Å². The van der Waals surface area contributed by atoms with Crippen molar-refractivity contribution >= 4 is 17.5 Å². The molecule has 2 heterocycles. The molecule has 2 aromatic rings. The Morgan fingerprint density at radius 3 is 2.90 bits per heavy atom. The van der Waals surface area contributed by atoms with Crippen LogP contribution >= 0.6 is 0 Å². The van der Waals surface area contributed by atoms with E-state index in [9.17, 15) is 4.79 Å². The van der Waals surface area contributed by atoms with Crippen molar-refractivity contribution in [2.45, 2.75) is 31.7 Å². The molecule has 1 aliphatic carbocycles. The average molecular weight is 280 g/mol. The number of carbonyl (C=O) groups is 1. The Kier molecular flexibility index (Phi) is 2.84. The van der Waals surface area contributed by atoms with E-state index >= 15 is 0 Å².